The number of aryl methyl sites for hydroxylation is 1. The number of sulfonamides is 1. The van der Waals surface area contributed by atoms with E-state index >= 15 is 0 Å². The van der Waals surface area contributed by atoms with Gasteiger partial charge in [-0.15, -0.1) is 0 Å². The minimum absolute atomic E-state index is 0.186. The summed E-state index contributed by atoms with van der Waals surface area (Å²) < 4.78 is 31.9. The number of methoxy groups -OCH3 is 1. The lowest BCUT2D eigenvalue weighted by Gasteiger charge is -2.15. The van der Waals surface area contributed by atoms with Gasteiger partial charge in [0.2, 0.25) is 10.0 Å². The van der Waals surface area contributed by atoms with E-state index in [2.05, 4.69) is 4.72 Å². The maximum atomic E-state index is 12.4. The van der Waals surface area contributed by atoms with Crippen LogP contribution in [0.5, 0.6) is 0 Å². The number of aliphatic carboxylic acids is 1. The monoisotopic (exact) mass is 407 g/mol. The Morgan fingerprint density at radius 2 is 1.79 bits per heavy atom. The van der Waals surface area contributed by atoms with Gasteiger partial charge in [0, 0.05) is 12.7 Å². The summed E-state index contributed by atoms with van der Waals surface area (Å²) in [4.78, 5) is 11.5. The van der Waals surface area contributed by atoms with E-state index in [0.29, 0.717) is 24.0 Å². The van der Waals surface area contributed by atoms with Crippen LogP contribution in [-0.4, -0.2) is 37.8 Å². The standard InChI is InChI=1S/C20H25NO6S/c1-27-20(24)17-11-5-10-16(13-17)14-28(25,26)21-18(19(22)23)12-6-9-15-7-3-2-4-8-15/h2-5,7-8,10-11,13,18,20-21,24H,6,9,12,14H2,1H3,(H,22,23)/t18-,20?/m1/s1. The highest BCUT2D eigenvalue weighted by molar-refractivity contribution is 7.88. The molecule has 3 N–H and O–H groups in total. The molecule has 0 aliphatic heterocycles. The summed E-state index contributed by atoms with van der Waals surface area (Å²) >= 11 is 0. The van der Waals surface area contributed by atoms with E-state index in [9.17, 15) is 23.4 Å². The Labute approximate surface area is 165 Å². The number of benzene rings is 2. The summed E-state index contributed by atoms with van der Waals surface area (Å²) in [6.07, 6.45) is 0.245. The van der Waals surface area contributed by atoms with Crippen molar-refractivity contribution in [1.29, 1.82) is 0 Å². The number of carbonyl (C=O) groups is 1. The molecule has 2 atom stereocenters. The van der Waals surface area contributed by atoms with Gasteiger partial charge < -0.3 is 14.9 Å². The van der Waals surface area contributed by atoms with Crippen LogP contribution in [-0.2, 0) is 31.7 Å². The van der Waals surface area contributed by atoms with Crippen molar-refractivity contribution in [3.8, 4) is 0 Å². The van der Waals surface area contributed by atoms with Crippen LogP contribution in [0.3, 0.4) is 0 Å². The van der Waals surface area contributed by atoms with Crippen LogP contribution in [0.15, 0.2) is 54.6 Å². The molecule has 0 amide bonds. The highest BCUT2D eigenvalue weighted by atomic mass is 32.2. The van der Waals surface area contributed by atoms with Gasteiger partial charge in [-0.05, 0) is 36.5 Å². The van der Waals surface area contributed by atoms with Crippen molar-refractivity contribution in [3.63, 3.8) is 0 Å². The Morgan fingerprint density at radius 1 is 1.11 bits per heavy atom. The second-order valence-electron chi connectivity index (χ2n) is 6.48. The minimum atomic E-state index is -3.88. The molecule has 0 saturated carbocycles. The molecule has 8 heteroatoms. The first-order valence-corrected chi connectivity index (χ1v) is 10.5. The molecule has 7 nitrogen and oxygen atoms in total. The summed E-state index contributed by atoms with van der Waals surface area (Å²) in [5, 5.41) is 19.1. The SMILES string of the molecule is COC(O)c1cccc(CS(=O)(=O)N[C@H](CCCc2ccccc2)C(=O)O)c1. The van der Waals surface area contributed by atoms with Crippen LogP contribution >= 0.6 is 0 Å². The smallest absolute Gasteiger partial charge is 0.321 e. The third kappa shape index (κ3) is 7.05. The molecule has 0 spiro atoms. The largest absolute Gasteiger partial charge is 0.480 e. The van der Waals surface area contributed by atoms with Crippen molar-refractivity contribution in [2.75, 3.05) is 7.11 Å². The predicted octanol–water partition coefficient (Wildman–Crippen LogP) is 2.22. The van der Waals surface area contributed by atoms with Crippen LogP contribution in [0, 0.1) is 0 Å². The average Bonchev–Trinajstić information content (AvgIpc) is 2.67. The molecule has 152 valence electrons. The Balaban J connectivity index is 1.98. The molecular formula is C20H25NO6S. The van der Waals surface area contributed by atoms with E-state index in [1.54, 1.807) is 18.2 Å². The lowest BCUT2D eigenvalue weighted by molar-refractivity contribution is -0.139. The van der Waals surface area contributed by atoms with E-state index in [1.165, 1.54) is 13.2 Å². The molecule has 0 aliphatic rings. The molecule has 0 aliphatic carbocycles. The lowest BCUT2D eigenvalue weighted by Crippen LogP contribution is -2.41. The highest BCUT2D eigenvalue weighted by Crippen LogP contribution is 2.17. The van der Waals surface area contributed by atoms with E-state index in [0.717, 1.165) is 5.56 Å². The number of nitrogens with one attached hydrogen (secondary N) is 1. The first-order valence-electron chi connectivity index (χ1n) is 8.87. The fourth-order valence-electron chi connectivity index (χ4n) is 2.84. The van der Waals surface area contributed by atoms with E-state index in [4.69, 9.17) is 4.74 Å². The molecule has 2 aromatic carbocycles. The van der Waals surface area contributed by atoms with Crippen LogP contribution in [0.25, 0.3) is 0 Å². The normalized spacial score (nSPS) is 13.8. The van der Waals surface area contributed by atoms with Crippen molar-refractivity contribution < 1.29 is 28.2 Å². The van der Waals surface area contributed by atoms with Gasteiger partial charge in [-0.1, -0.05) is 48.5 Å². The second-order valence-corrected chi connectivity index (χ2v) is 8.23. The molecule has 0 saturated heterocycles. The second kappa shape index (κ2) is 10.3. The minimum Gasteiger partial charge on any atom is -0.480 e. The molecule has 2 aromatic rings. The predicted molar refractivity (Wildman–Crippen MR) is 105 cm³/mol. The fourth-order valence-corrected chi connectivity index (χ4v) is 4.19. The Morgan fingerprint density at radius 3 is 2.43 bits per heavy atom. The molecule has 2 rings (SSSR count). The molecule has 1 unspecified atom stereocenters. The number of hydrogen-bond donors (Lipinski definition) is 3. The summed E-state index contributed by atoms with van der Waals surface area (Å²) in [7, 11) is -2.54. The van der Waals surface area contributed by atoms with Gasteiger partial charge in [0.15, 0.2) is 6.29 Å². The van der Waals surface area contributed by atoms with Gasteiger partial charge in [0.25, 0.3) is 0 Å². The van der Waals surface area contributed by atoms with Gasteiger partial charge in [-0.25, -0.2) is 13.1 Å². The quantitative estimate of drug-likeness (QED) is 0.492. The highest BCUT2D eigenvalue weighted by Gasteiger charge is 2.24. The van der Waals surface area contributed by atoms with Crippen molar-refractivity contribution in [3.05, 3.63) is 71.3 Å². The van der Waals surface area contributed by atoms with Crippen LogP contribution in [0.4, 0.5) is 0 Å². The van der Waals surface area contributed by atoms with Crippen molar-refractivity contribution in [2.45, 2.75) is 37.3 Å². The van der Waals surface area contributed by atoms with Crippen LogP contribution < -0.4 is 4.72 Å². The van der Waals surface area contributed by atoms with Crippen LogP contribution in [0.2, 0.25) is 0 Å². The average molecular weight is 407 g/mol. The van der Waals surface area contributed by atoms with Crippen molar-refractivity contribution in [2.24, 2.45) is 0 Å². The molecule has 0 fully saturated rings. The number of aliphatic hydroxyl groups is 1. The number of carboxylic acid groups (broad SMARTS) is 1. The van der Waals surface area contributed by atoms with Crippen LogP contribution in [0.1, 0.15) is 35.8 Å². The van der Waals surface area contributed by atoms with E-state index < -0.39 is 28.3 Å². The van der Waals surface area contributed by atoms with Gasteiger partial charge >= 0.3 is 5.97 Å². The molecule has 0 heterocycles. The topological polar surface area (TPSA) is 113 Å². The summed E-state index contributed by atoms with van der Waals surface area (Å²) in [5.74, 6) is -1.60. The first kappa shape index (κ1) is 22.0. The lowest BCUT2D eigenvalue weighted by atomic mass is 10.1. The first-order chi connectivity index (χ1) is 13.3. The van der Waals surface area contributed by atoms with Gasteiger partial charge in [0.05, 0.1) is 5.75 Å². The van der Waals surface area contributed by atoms with Crippen molar-refractivity contribution in [1.82, 2.24) is 4.72 Å². The molecule has 0 aromatic heterocycles. The van der Waals surface area contributed by atoms with Gasteiger partial charge in [-0.2, -0.15) is 0 Å². The Bertz CT molecular complexity index is 869. The maximum absolute atomic E-state index is 12.4. The van der Waals surface area contributed by atoms with Gasteiger partial charge in [-0.3, -0.25) is 4.79 Å². The third-order valence-corrected chi connectivity index (χ3v) is 5.59. The molecule has 0 bridgehead atoms. The van der Waals surface area contributed by atoms with E-state index in [1.807, 2.05) is 30.3 Å². The maximum Gasteiger partial charge on any atom is 0.321 e. The molecule has 28 heavy (non-hydrogen) atoms. The Kier molecular flexibility index (Phi) is 8.13. The number of hydrogen-bond acceptors (Lipinski definition) is 5. The molecular weight excluding hydrogens is 382 g/mol. The number of carboxylic acids is 1. The summed E-state index contributed by atoms with van der Waals surface area (Å²) in [6.45, 7) is 0. The third-order valence-electron chi connectivity index (χ3n) is 4.24. The zero-order valence-electron chi connectivity index (χ0n) is 15.6. The molecule has 0 radical (unpaired) electrons. The number of aliphatic hydroxyl groups excluding tert-OH is 1. The number of ether oxygens (including phenoxy) is 1. The Hall–Kier alpha value is -2.26. The van der Waals surface area contributed by atoms with Gasteiger partial charge in [0.1, 0.15) is 6.04 Å². The zero-order chi connectivity index (χ0) is 20.6. The van der Waals surface area contributed by atoms with E-state index in [-0.39, 0.29) is 12.2 Å². The summed E-state index contributed by atoms with van der Waals surface area (Å²) in [6, 6.07) is 14.7. The number of rotatable bonds is 11. The van der Waals surface area contributed by atoms with Crippen molar-refractivity contribution >= 4 is 16.0 Å². The fraction of sp³-hybridized carbons (Fsp3) is 0.350. The summed E-state index contributed by atoms with van der Waals surface area (Å²) in [5.41, 5.74) is 1.92. The zero-order valence-corrected chi connectivity index (χ0v) is 16.4.